The summed E-state index contributed by atoms with van der Waals surface area (Å²) in [6.45, 7) is 0.523. The standard InChI is InChI=1S/C15H22N2O6/c1-21-11-8-13(23-3)12(22-2)7-10(11)9-17-15(20)16-6-4-5-14(18)19/h7-8H,4-6,9H2,1-3H3,(H,18,19)(H2,16,17,20). The minimum Gasteiger partial charge on any atom is -0.496 e. The van der Waals surface area contributed by atoms with E-state index in [2.05, 4.69) is 10.6 Å². The van der Waals surface area contributed by atoms with Gasteiger partial charge in [0, 0.05) is 31.1 Å². The summed E-state index contributed by atoms with van der Waals surface area (Å²) in [4.78, 5) is 22.0. The number of urea groups is 1. The number of carbonyl (C=O) groups excluding carboxylic acids is 1. The number of aliphatic carboxylic acids is 1. The molecular weight excluding hydrogens is 304 g/mol. The summed E-state index contributed by atoms with van der Waals surface area (Å²) in [6.07, 6.45) is 0.395. The van der Waals surface area contributed by atoms with E-state index in [4.69, 9.17) is 19.3 Å². The highest BCUT2D eigenvalue weighted by Gasteiger charge is 2.12. The topological polar surface area (TPSA) is 106 Å². The van der Waals surface area contributed by atoms with Gasteiger partial charge >= 0.3 is 12.0 Å². The molecule has 8 nitrogen and oxygen atoms in total. The Hall–Kier alpha value is -2.64. The third kappa shape index (κ3) is 5.93. The van der Waals surface area contributed by atoms with E-state index < -0.39 is 5.97 Å². The van der Waals surface area contributed by atoms with Crippen molar-refractivity contribution in [1.29, 1.82) is 0 Å². The summed E-state index contributed by atoms with van der Waals surface area (Å²) in [5.74, 6) is 0.745. The molecule has 128 valence electrons. The molecule has 0 heterocycles. The molecule has 0 fully saturated rings. The summed E-state index contributed by atoms with van der Waals surface area (Å²) in [7, 11) is 4.58. The van der Waals surface area contributed by atoms with E-state index in [9.17, 15) is 9.59 Å². The van der Waals surface area contributed by atoms with E-state index >= 15 is 0 Å². The smallest absolute Gasteiger partial charge is 0.315 e. The molecule has 0 bridgehead atoms. The maximum Gasteiger partial charge on any atom is 0.315 e. The van der Waals surface area contributed by atoms with E-state index in [0.29, 0.717) is 30.2 Å². The second kappa shape index (κ2) is 9.39. The van der Waals surface area contributed by atoms with Gasteiger partial charge in [0.25, 0.3) is 0 Å². The molecule has 0 atom stereocenters. The zero-order valence-electron chi connectivity index (χ0n) is 13.5. The average Bonchev–Trinajstić information content (AvgIpc) is 2.55. The number of hydrogen-bond acceptors (Lipinski definition) is 5. The van der Waals surface area contributed by atoms with Gasteiger partial charge < -0.3 is 30.0 Å². The van der Waals surface area contributed by atoms with E-state index in [-0.39, 0.29) is 19.0 Å². The Morgan fingerprint density at radius 3 is 2.17 bits per heavy atom. The van der Waals surface area contributed by atoms with Gasteiger partial charge in [0.2, 0.25) is 0 Å². The molecule has 0 saturated heterocycles. The molecule has 8 heteroatoms. The second-order valence-electron chi connectivity index (χ2n) is 4.63. The molecular formula is C15H22N2O6. The Labute approximate surface area is 134 Å². The molecule has 0 spiro atoms. The van der Waals surface area contributed by atoms with Crippen molar-refractivity contribution in [3.8, 4) is 17.2 Å². The fraction of sp³-hybridized carbons (Fsp3) is 0.467. The van der Waals surface area contributed by atoms with Gasteiger partial charge in [-0.15, -0.1) is 0 Å². The van der Waals surface area contributed by atoms with Gasteiger partial charge in [-0.2, -0.15) is 0 Å². The Kier molecular flexibility index (Phi) is 7.52. The lowest BCUT2D eigenvalue weighted by atomic mass is 10.1. The Morgan fingerprint density at radius 1 is 1.00 bits per heavy atom. The maximum atomic E-state index is 11.7. The second-order valence-corrected chi connectivity index (χ2v) is 4.63. The van der Waals surface area contributed by atoms with Crippen molar-refractivity contribution in [2.75, 3.05) is 27.9 Å². The van der Waals surface area contributed by atoms with Crippen molar-refractivity contribution in [2.45, 2.75) is 19.4 Å². The van der Waals surface area contributed by atoms with Crippen molar-refractivity contribution in [3.63, 3.8) is 0 Å². The van der Waals surface area contributed by atoms with Crippen LogP contribution in [0.4, 0.5) is 4.79 Å². The predicted octanol–water partition coefficient (Wildman–Crippen LogP) is 1.38. The molecule has 1 aromatic rings. The quantitative estimate of drug-likeness (QED) is 0.592. The third-order valence-electron chi connectivity index (χ3n) is 3.08. The number of hydrogen-bond donors (Lipinski definition) is 3. The predicted molar refractivity (Wildman–Crippen MR) is 83.2 cm³/mol. The number of carbonyl (C=O) groups is 2. The number of rotatable bonds is 9. The molecule has 3 N–H and O–H groups in total. The molecule has 0 saturated carbocycles. The highest BCUT2D eigenvalue weighted by atomic mass is 16.5. The van der Waals surface area contributed by atoms with E-state index in [1.54, 1.807) is 12.1 Å². The maximum absolute atomic E-state index is 11.7. The van der Waals surface area contributed by atoms with Crippen LogP contribution in [0.2, 0.25) is 0 Å². The first-order chi connectivity index (χ1) is 11.0. The molecule has 0 radical (unpaired) electrons. The van der Waals surface area contributed by atoms with Crippen LogP contribution in [0.5, 0.6) is 17.2 Å². The van der Waals surface area contributed by atoms with Gasteiger partial charge in [-0.05, 0) is 12.5 Å². The Bertz CT molecular complexity index is 547. The lowest BCUT2D eigenvalue weighted by Gasteiger charge is -2.14. The minimum atomic E-state index is -0.887. The highest BCUT2D eigenvalue weighted by molar-refractivity contribution is 5.74. The van der Waals surface area contributed by atoms with Gasteiger partial charge in [0.1, 0.15) is 5.75 Å². The van der Waals surface area contributed by atoms with Crippen molar-refractivity contribution in [1.82, 2.24) is 10.6 Å². The van der Waals surface area contributed by atoms with Gasteiger partial charge in [-0.3, -0.25) is 4.79 Å². The van der Waals surface area contributed by atoms with Crippen LogP contribution in [0, 0.1) is 0 Å². The molecule has 1 aromatic carbocycles. The highest BCUT2D eigenvalue weighted by Crippen LogP contribution is 2.34. The van der Waals surface area contributed by atoms with Crippen molar-refractivity contribution in [2.24, 2.45) is 0 Å². The monoisotopic (exact) mass is 326 g/mol. The van der Waals surface area contributed by atoms with E-state index in [0.717, 1.165) is 5.56 Å². The first-order valence-corrected chi connectivity index (χ1v) is 7.04. The van der Waals surface area contributed by atoms with E-state index in [1.165, 1.54) is 21.3 Å². The fourth-order valence-corrected chi connectivity index (χ4v) is 1.91. The molecule has 2 amide bonds. The molecule has 0 aliphatic carbocycles. The van der Waals surface area contributed by atoms with Crippen LogP contribution in [0.25, 0.3) is 0 Å². The molecule has 0 unspecified atom stereocenters. The number of carboxylic acid groups (broad SMARTS) is 1. The van der Waals surface area contributed by atoms with Gasteiger partial charge in [-0.1, -0.05) is 0 Å². The summed E-state index contributed by atoms with van der Waals surface area (Å²) in [6, 6.07) is 3.02. The molecule has 1 rings (SSSR count). The third-order valence-corrected chi connectivity index (χ3v) is 3.08. The number of benzene rings is 1. The summed E-state index contributed by atoms with van der Waals surface area (Å²) >= 11 is 0. The number of carboxylic acids is 1. The van der Waals surface area contributed by atoms with Crippen LogP contribution >= 0.6 is 0 Å². The van der Waals surface area contributed by atoms with Crippen molar-refractivity contribution in [3.05, 3.63) is 17.7 Å². The first kappa shape index (κ1) is 18.4. The lowest BCUT2D eigenvalue weighted by Crippen LogP contribution is -2.35. The van der Waals surface area contributed by atoms with Crippen LogP contribution in [0.1, 0.15) is 18.4 Å². The van der Waals surface area contributed by atoms with Gasteiger partial charge in [0.05, 0.1) is 21.3 Å². The van der Waals surface area contributed by atoms with Crippen LogP contribution in [-0.4, -0.2) is 45.0 Å². The van der Waals surface area contributed by atoms with Crippen LogP contribution in [0.3, 0.4) is 0 Å². The SMILES string of the molecule is COc1cc(OC)c(OC)cc1CNC(=O)NCCCC(=O)O. The molecule has 0 aromatic heterocycles. The minimum absolute atomic E-state index is 0.0176. The van der Waals surface area contributed by atoms with Crippen LogP contribution in [-0.2, 0) is 11.3 Å². The fourth-order valence-electron chi connectivity index (χ4n) is 1.91. The zero-order valence-corrected chi connectivity index (χ0v) is 13.5. The van der Waals surface area contributed by atoms with Crippen LogP contribution < -0.4 is 24.8 Å². The average molecular weight is 326 g/mol. The van der Waals surface area contributed by atoms with Gasteiger partial charge in [-0.25, -0.2) is 4.79 Å². The van der Waals surface area contributed by atoms with Crippen molar-refractivity contribution < 1.29 is 28.9 Å². The molecule has 0 aliphatic heterocycles. The molecule has 0 aliphatic rings. The summed E-state index contributed by atoms with van der Waals surface area (Å²) in [5.41, 5.74) is 0.728. The lowest BCUT2D eigenvalue weighted by molar-refractivity contribution is -0.137. The van der Waals surface area contributed by atoms with Crippen molar-refractivity contribution >= 4 is 12.0 Å². The Balaban J connectivity index is 2.59. The number of nitrogens with one attached hydrogen (secondary N) is 2. The Morgan fingerprint density at radius 2 is 1.61 bits per heavy atom. The van der Waals surface area contributed by atoms with Gasteiger partial charge in [0.15, 0.2) is 11.5 Å². The number of methoxy groups -OCH3 is 3. The number of amides is 2. The summed E-state index contributed by atoms with van der Waals surface area (Å²) in [5, 5.41) is 13.8. The van der Waals surface area contributed by atoms with E-state index in [1.807, 2.05) is 0 Å². The first-order valence-electron chi connectivity index (χ1n) is 7.04. The van der Waals surface area contributed by atoms with Crippen LogP contribution in [0.15, 0.2) is 12.1 Å². The largest absolute Gasteiger partial charge is 0.496 e. The normalized spacial score (nSPS) is 9.87. The summed E-state index contributed by atoms with van der Waals surface area (Å²) < 4.78 is 15.7. The molecule has 23 heavy (non-hydrogen) atoms. The number of ether oxygens (including phenoxy) is 3. The zero-order chi connectivity index (χ0) is 17.2.